The Labute approximate surface area is 139 Å². The van der Waals surface area contributed by atoms with Crippen LogP contribution in [-0.2, 0) is 22.6 Å². The molecule has 0 amide bonds. The van der Waals surface area contributed by atoms with Crippen LogP contribution in [0.25, 0.3) is 0 Å². The van der Waals surface area contributed by atoms with Crippen LogP contribution in [0, 0.1) is 22.7 Å². The largest absolute Gasteiger partial charge is 0.375 e. The number of nitriles is 2. The van der Waals surface area contributed by atoms with Crippen LogP contribution < -0.4 is 0 Å². The fourth-order valence-electron chi connectivity index (χ4n) is 1.60. The summed E-state index contributed by atoms with van der Waals surface area (Å²) in [6.45, 7) is 9.71. The number of imidazole rings is 1. The van der Waals surface area contributed by atoms with E-state index in [-0.39, 0.29) is 12.2 Å². The lowest BCUT2D eigenvalue weighted by molar-refractivity contribution is -0.118. The van der Waals surface area contributed by atoms with Crippen molar-refractivity contribution < 1.29 is 9.53 Å². The molecule has 0 unspecified atom stereocenters. The first-order valence-electron chi connectivity index (χ1n) is 7.62. The zero-order chi connectivity index (χ0) is 17.7. The van der Waals surface area contributed by atoms with Crippen LogP contribution in [0.1, 0.15) is 31.3 Å². The van der Waals surface area contributed by atoms with Gasteiger partial charge in [-0.1, -0.05) is 19.6 Å². The smallest absolute Gasteiger partial charge is 0.147 e. The van der Waals surface area contributed by atoms with Crippen molar-refractivity contribution in [2.75, 3.05) is 6.61 Å². The Hall–Kier alpha value is -1.96. The van der Waals surface area contributed by atoms with Crippen molar-refractivity contribution in [3.63, 3.8) is 0 Å². The predicted octanol–water partition coefficient (Wildman–Crippen LogP) is 3.21. The summed E-state index contributed by atoms with van der Waals surface area (Å²) >= 11 is 0. The van der Waals surface area contributed by atoms with Gasteiger partial charge in [-0.3, -0.25) is 4.79 Å². The molecule has 1 aromatic heterocycles. The van der Waals surface area contributed by atoms with Crippen molar-refractivity contribution in [3.8, 4) is 12.1 Å². The van der Waals surface area contributed by atoms with E-state index in [1.54, 1.807) is 12.3 Å². The quantitative estimate of drug-likeness (QED) is 0.552. The van der Waals surface area contributed by atoms with E-state index in [1.165, 1.54) is 6.92 Å². The molecule has 0 aromatic carbocycles. The number of Topliss-reactive ketones (excluding diaryl/α,β-unsaturated/α-hetero) is 1. The van der Waals surface area contributed by atoms with Gasteiger partial charge >= 0.3 is 0 Å². The summed E-state index contributed by atoms with van der Waals surface area (Å²) in [5.41, 5.74) is 0.934. The van der Waals surface area contributed by atoms with Crippen molar-refractivity contribution >= 4 is 13.9 Å². The average Bonchev–Trinajstić information content (AvgIpc) is 2.90. The molecule has 0 saturated carbocycles. The van der Waals surface area contributed by atoms with E-state index in [2.05, 4.69) is 29.6 Å². The average molecular weight is 334 g/mol. The summed E-state index contributed by atoms with van der Waals surface area (Å²) in [6.07, 6.45) is 2.64. The summed E-state index contributed by atoms with van der Waals surface area (Å²) in [4.78, 5) is 18.6. The monoisotopic (exact) mass is 334 g/mol. The lowest BCUT2D eigenvalue weighted by Gasteiger charge is -2.14. The zero-order valence-electron chi connectivity index (χ0n) is 14.5. The van der Waals surface area contributed by atoms with Gasteiger partial charge in [0.15, 0.2) is 0 Å². The van der Waals surface area contributed by atoms with Gasteiger partial charge in [0.1, 0.15) is 11.6 Å². The summed E-state index contributed by atoms with van der Waals surface area (Å²) in [7, 11) is -1.04. The summed E-state index contributed by atoms with van der Waals surface area (Å²) < 4.78 is 5.63. The fraction of sp³-hybridized carbons (Fsp3) is 0.625. The van der Waals surface area contributed by atoms with Crippen LogP contribution in [0.2, 0.25) is 25.7 Å². The molecule has 7 heteroatoms. The maximum absolute atomic E-state index is 11.2. The van der Waals surface area contributed by atoms with Gasteiger partial charge in [-0.25, -0.2) is 4.98 Å². The number of H-pyrrole nitrogens is 1. The molecule has 0 aliphatic rings. The molecule has 6 nitrogen and oxygen atoms in total. The van der Waals surface area contributed by atoms with E-state index in [0.717, 1.165) is 24.2 Å². The second-order valence-electron chi connectivity index (χ2n) is 6.32. The molecule has 0 atom stereocenters. The molecule has 0 spiro atoms. The Morgan fingerprint density at radius 3 is 2.61 bits per heavy atom. The molecular weight excluding hydrogens is 308 g/mol. The maximum Gasteiger partial charge on any atom is 0.147 e. The third kappa shape index (κ3) is 12.3. The zero-order valence-corrected chi connectivity index (χ0v) is 15.5. The van der Waals surface area contributed by atoms with Gasteiger partial charge in [0.05, 0.1) is 37.1 Å². The number of nitrogens with zero attached hydrogens (tertiary/aromatic N) is 3. The van der Waals surface area contributed by atoms with Crippen molar-refractivity contribution in [2.24, 2.45) is 0 Å². The predicted molar refractivity (Wildman–Crippen MR) is 91.2 cm³/mol. The topological polar surface area (TPSA) is 103 Å². The highest BCUT2D eigenvalue weighted by Gasteiger charge is 2.12. The molecule has 0 bridgehead atoms. The molecule has 126 valence electrons. The lowest BCUT2D eigenvalue weighted by atomic mass is 10.2. The highest BCUT2D eigenvalue weighted by atomic mass is 28.3. The van der Waals surface area contributed by atoms with Crippen LogP contribution in [0.15, 0.2) is 6.20 Å². The van der Waals surface area contributed by atoms with Gasteiger partial charge in [-0.05, 0) is 6.04 Å². The Balaban J connectivity index is 0.00000149. The first kappa shape index (κ1) is 21.0. The van der Waals surface area contributed by atoms with Gasteiger partial charge in [0, 0.05) is 34.4 Å². The molecule has 0 fully saturated rings. The highest BCUT2D eigenvalue weighted by molar-refractivity contribution is 6.76. The number of aryl methyl sites for hydroxylation is 1. The molecule has 0 radical (unpaired) electrons. The lowest BCUT2D eigenvalue weighted by Crippen LogP contribution is -2.21. The number of rotatable bonds is 9. The molecule has 23 heavy (non-hydrogen) atoms. The van der Waals surface area contributed by atoms with E-state index in [4.69, 9.17) is 15.3 Å². The molecule has 0 saturated heterocycles. The molecule has 1 heterocycles. The van der Waals surface area contributed by atoms with Gasteiger partial charge in [0.2, 0.25) is 0 Å². The van der Waals surface area contributed by atoms with Crippen molar-refractivity contribution in [1.29, 1.82) is 10.5 Å². The van der Waals surface area contributed by atoms with Gasteiger partial charge in [-0.2, -0.15) is 10.5 Å². The Kier molecular flexibility index (Phi) is 10.6. The Morgan fingerprint density at radius 2 is 2.04 bits per heavy atom. The van der Waals surface area contributed by atoms with Gasteiger partial charge in [-0.15, -0.1) is 0 Å². The van der Waals surface area contributed by atoms with Crippen LogP contribution in [0.4, 0.5) is 0 Å². The van der Waals surface area contributed by atoms with Crippen molar-refractivity contribution in [3.05, 3.63) is 17.7 Å². The highest BCUT2D eigenvalue weighted by Crippen LogP contribution is 2.09. The minimum absolute atomic E-state index is 0.0205. The number of aromatic amines is 1. The third-order valence-electron chi connectivity index (χ3n) is 2.85. The fourth-order valence-corrected chi connectivity index (χ4v) is 2.36. The third-order valence-corrected chi connectivity index (χ3v) is 4.56. The van der Waals surface area contributed by atoms with Crippen LogP contribution >= 0.6 is 0 Å². The maximum atomic E-state index is 11.2. The number of ketones is 1. The van der Waals surface area contributed by atoms with E-state index in [1.807, 2.05) is 6.07 Å². The molecular formula is C16H26N4O2Si. The van der Waals surface area contributed by atoms with E-state index < -0.39 is 8.07 Å². The number of hydrogen-bond donors (Lipinski definition) is 1. The number of aromatic nitrogens is 2. The molecule has 1 rings (SSSR count). The summed E-state index contributed by atoms with van der Waals surface area (Å²) in [5, 5.41) is 15.7. The second-order valence-corrected chi connectivity index (χ2v) is 11.9. The summed E-state index contributed by atoms with van der Waals surface area (Å²) in [5.74, 6) is 0.733. The second kappa shape index (κ2) is 11.6. The standard InChI is InChI=1S/C14H23N3O2Si.C2H3N/c1-20(2,3)9-8-19-11-12-10-16-14(17-12)5-4-13(18)6-7-15;1-2-3/h10H,4-6,8-9,11H2,1-3H3,(H,16,17);1H3. The van der Waals surface area contributed by atoms with Crippen LogP contribution in [0.3, 0.4) is 0 Å². The first-order valence-corrected chi connectivity index (χ1v) is 11.3. The Morgan fingerprint density at radius 1 is 1.39 bits per heavy atom. The van der Waals surface area contributed by atoms with Crippen molar-refractivity contribution in [2.45, 2.75) is 58.5 Å². The first-order chi connectivity index (χ1) is 10.8. The Bertz CT molecular complexity index is 550. The van der Waals surface area contributed by atoms with Crippen molar-refractivity contribution in [1.82, 2.24) is 9.97 Å². The molecule has 0 aliphatic carbocycles. The molecule has 1 aromatic rings. The summed E-state index contributed by atoms with van der Waals surface area (Å²) in [6, 6.07) is 4.76. The van der Waals surface area contributed by atoms with Crippen LogP contribution in [-0.4, -0.2) is 30.4 Å². The number of ether oxygens (including phenoxy) is 1. The number of carbonyl (C=O) groups excluding carboxylic acids is 1. The van der Waals surface area contributed by atoms with Gasteiger partial charge in [0.25, 0.3) is 0 Å². The minimum atomic E-state index is -1.04. The van der Waals surface area contributed by atoms with E-state index in [9.17, 15) is 4.79 Å². The van der Waals surface area contributed by atoms with E-state index in [0.29, 0.717) is 19.4 Å². The normalized spacial score (nSPS) is 10.2. The van der Waals surface area contributed by atoms with E-state index >= 15 is 0 Å². The van der Waals surface area contributed by atoms with Crippen LogP contribution in [0.5, 0.6) is 0 Å². The number of nitrogens with one attached hydrogen (secondary N) is 1. The minimum Gasteiger partial charge on any atom is -0.375 e. The number of carbonyl (C=O) groups is 1. The SMILES string of the molecule is CC#N.C[Si](C)(C)CCOCc1cnc(CCC(=O)CC#N)[nH]1. The molecule has 1 N–H and O–H groups in total. The van der Waals surface area contributed by atoms with Gasteiger partial charge < -0.3 is 9.72 Å². The number of hydrogen-bond acceptors (Lipinski definition) is 5. The molecule has 0 aliphatic heterocycles.